The molecule has 1 aromatic carbocycles. The van der Waals surface area contributed by atoms with Crippen molar-refractivity contribution in [3.05, 3.63) is 35.0 Å². The lowest BCUT2D eigenvalue weighted by molar-refractivity contribution is -0.115. The van der Waals surface area contributed by atoms with Gasteiger partial charge in [-0.2, -0.15) is 0 Å². The number of guanidine groups is 1. The molecule has 0 radical (unpaired) electrons. The molecule has 0 bridgehead atoms. The number of hydrogen-bond donors (Lipinski definition) is 2. The summed E-state index contributed by atoms with van der Waals surface area (Å²) in [5.74, 6) is -0.132. The molecule has 0 spiro atoms. The van der Waals surface area contributed by atoms with Crippen LogP contribution in [0.4, 0.5) is 0 Å². The van der Waals surface area contributed by atoms with E-state index in [4.69, 9.17) is 5.73 Å². The Balaban J connectivity index is 2.04. The van der Waals surface area contributed by atoms with Crippen molar-refractivity contribution in [1.29, 1.82) is 0 Å². The monoisotopic (exact) mass is 244 g/mol. The van der Waals surface area contributed by atoms with Gasteiger partial charge in [0.25, 0.3) is 5.91 Å². The highest BCUT2D eigenvalue weighted by molar-refractivity contribution is 7.16. The molecule has 0 saturated carbocycles. The van der Waals surface area contributed by atoms with E-state index in [-0.39, 0.29) is 11.9 Å². The van der Waals surface area contributed by atoms with Gasteiger partial charge in [0.1, 0.15) is 5.70 Å². The van der Waals surface area contributed by atoms with Crippen LogP contribution in [-0.4, -0.2) is 16.9 Å². The largest absolute Gasteiger partial charge is 0.369 e. The first-order valence-corrected chi connectivity index (χ1v) is 5.81. The van der Waals surface area contributed by atoms with Gasteiger partial charge in [0, 0.05) is 0 Å². The number of carbonyl (C=O) groups is 1. The summed E-state index contributed by atoms with van der Waals surface area (Å²) < 4.78 is 1.08. The Kier molecular flexibility index (Phi) is 2.15. The summed E-state index contributed by atoms with van der Waals surface area (Å²) in [5.41, 5.74) is 9.39. The molecule has 0 aliphatic carbocycles. The molecule has 0 atom stereocenters. The highest BCUT2D eigenvalue weighted by Crippen LogP contribution is 2.21. The number of aromatic nitrogens is 1. The summed E-state index contributed by atoms with van der Waals surface area (Å²) in [6.07, 6.45) is 1.70. The number of nitrogens with zero attached hydrogens (tertiary/aromatic N) is 2. The van der Waals surface area contributed by atoms with Crippen LogP contribution in [0.2, 0.25) is 0 Å². The summed E-state index contributed by atoms with van der Waals surface area (Å²) in [6, 6.07) is 5.78. The quantitative estimate of drug-likeness (QED) is 0.737. The topological polar surface area (TPSA) is 80.4 Å². The Morgan fingerprint density at radius 3 is 3.06 bits per heavy atom. The highest BCUT2D eigenvalue weighted by atomic mass is 32.1. The van der Waals surface area contributed by atoms with Crippen molar-refractivity contribution in [2.75, 3.05) is 0 Å². The second kappa shape index (κ2) is 3.67. The van der Waals surface area contributed by atoms with E-state index in [0.29, 0.717) is 5.70 Å². The van der Waals surface area contributed by atoms with E-state index in [1.54, 1.807) is 22.9 Å². The van der Waals surface area contributed by atoms with E-state index in [1.165, 1.54) is 0 Å². The minimum absolute atomic E-state index is 0.139. The van der Waals surface area contributed by atoms with E-state index >= 15 is 0 Å². The SMILES string of the molecule is NC1=NC(=Cc2ccc3ncsc3c2)C(=O)N1. The van der Waals surface area contributed by atoms with E-state index < -0.39 is 0 Å². The predicted molar refractivity (Wildman–Crippen MR) is 67.4 cm³/mol. The van der Waals surface area contributed by atoms with Crippen molar-refractivity contribution in [2.45, 2.75) is 0 Å². The number of benzene rings is 1. The zero-order valence-corrected chi connectivity index (χ0v) is 9.49. The molecule has 1 aliphatic rings. The van der Waals surface area contributed by atoms with Gasteiger partial charge in [0.2, 0.25) is 5.96 Å². The molecule has 3 rings (SSSR count). The summed E-state index contributed by atoms with van der Waals surface area (Å²) in [4.78, 5) is 19.5. The zero-order chi connectivity index (χ0) is 11.8. The molecule has 0 saturated heterocycles. The number of thiazole rings is 1. The van der Waals surface area contributed by atoms with Gasteiger partial charge in [0.15, 0.2) is 0 Å². The van der Waals surface area contributed by atoms with Crippen LogP contribution in [-0.2, 0) is 4.79 Å². The Bertz CT molecular complexity index is 671. The van der Waals surface area contributed by atoms with Crippen molar-refractivity contribution in [3.63, 3.8) is 0 Å². The van der Waals surface area contributed by atoms with Gasteiger partial charge < -0.3 is 5.73 Å². The Morgan fingerprint density at radius 1 is 1.41 bits per heavy atom. The zero-order valence-electron chi connectivity index (χ0n) is 8.68. The third-order valence-corrected chi connectivity index (χ3v) is 3.17. The number of amides is 1. The minimum Gasteiger partial charge on any atom is -0.369 e. The summed E-state index contributed by atoms with van der Waals surface area (Å²) in [6.45, 7) is 0. The van der Waals surface area contributed by atoms with Crippen LogP contribution in [0.3, 0.4) is 0 Å². The van der Waals surface area contributed by atoms with Crippen LogP contribution in [0.5, 0.6) is 0 Å². The molecule has 3 N–H and O–H groups in total. The number of aliphatic imine (C=N–C) groups is 1. The number of nitrogens with two attached hydrogens (primary N) is 1. The fourth-order valence-electron chi connectivity index (χ4n) is 1.61. The second-order valence-corrected chi connectivity index (χ2v) is 4.45. The first-order valence-electron chi connectivity index (χ1n) is 4.93. The standard InChI is InChI=1S/C11H8N4OS/c12-11-14-8(10(16)15-11)3-6-1-2-7-9(4-6)17-5-13-7/h1-5H,(H3,12,14,15,16). The van der Waals surface area contributed by atoms with Gasteiger partial charge in [-0.25, -0.2) is 9.98 Å². The minimum atomic E-state index is -0.271. The molecule has 84 valence electrons. The average Bonchev–Trinajstić information content (AvgIpc) is 2.85. The van der Waals surface area contributed by atoms with Crippen LogP contribution in [0.25, 0.3) is 16.3 Å². The fourth-order valence-corrected chi connectivity index (χ4v) is 2.33. The lowest BCUT2D eigenvalue weighted by Crippen LogP contribution is -2.30. The molecular formula is C11H8N4OS. The third kappa shape index (κ3) is 1.78. The highest BCUT2D eigenvalue weighted by Gasteiger charge is 2.17. The van der Waals surface area contributed by atoms with E-state index in [9.17, 15) is 4.79 Å². The van der Waals surface area contributed by atoms with E-state index in [0.717, 1.165) is 15.8 Å². The Hall–Kier alpha value is -2.21. The normalized spacial score (nSPS) is 17.5. The smallest absolute Gasteiger partial charge is 0.276 e. The van der Waals surface area contributed by atoms with E-state index in [1.807, 2.05) is 18.2 Å². The molecular weight excluding hydrogens is 236 g/mol. The average molecular weight is 244 g/mol. The van der Waals surface area contributed by atoms with Crippen molar-refractivity contribution in [1.82, 2.24) is 10.3 Å². The van der Waals surface area contributed by atoms with Gasteiger partial charge in [-0.05, 0) is 23.8 Å². The lowest BCUT2D eigenvalue weighted by Gasteiger charge is -1.94. The molecule has 0 fully saturated rings. The van der Waals surface area contributed by atoms with Crippen molar-refractivity contribution >= 4 is 39.5 Å². The number of fused-ring (bicyclic) bond motifs is 1. The van der Waals surface area contributed by atoms with Crippen LogP contribution < -0.4 is 11.1 Å². The summed E-state index contributed by atoms with van der Waals surface area (Å²) in [5, 5.41) is 2.43. The van der Waals surface area contributed by atoms with Gasteiger partial charge >= 0.3 is 0 Å². The molecule has 2 aromatic rings. The maximum atomic E-state index is 11.4. The maximum absolute atomic E-state index is 11.4. The van der Waals surface area contributed by atoms with Gasteiger partial charge in [-0.1, -0.05) is 6.07 Å². The van der Waals surface area contributed by atoms with Crippen LogP contribution in [0, 0.1) is 0 Å². The number of carbonyl (C=O) groups excluding carboxylic acids is 1. The summed E-state index contributed by atoms with van der Waals surface area (Å²) in [7, 11) is 0. The Labute approximate surface area is 101 Å². The molecule has 0 unspecified atom stereocenters. The van der Waals surface area contributed by atoms with Crippen LogP contribution in [0.1, 0.15) is 5.56 Å². The molecule has 5 nitrogen and oxygen atoms in total. The van der Waals surface area contributed by atoms with E-state index in [2.05, 4.69) is 15.3 Å². The van der Waals surface area contributed by atoms with Crippen molar-refractivity contribution in [3.8, 4) is 0 Å². The maximum Gasteiger partial charge on any atom is 0.276 e. The second-order valence-electron chi connectivity index (χ2n) is 3.56. The predicted octanol–water partition coefficient (Wildman–Crippen LogP) is 1.08. The molecule has 17 heavy (non-hydrogen) atoms. The first-order chi connectivity index (χ1) is 8.22. The van der Waals surface area contributed by atoms with Crippen molar-refractivity contribution < 1.29 is 4.79 Å². The molecule has 6 heteroatoms. The van der Waals surface area contributed by atoms with Gasteiger partial charge in [-0.3, -0.25) is 10.1 Å². The van der Waals surface area contributed by atoms with Crippen molar-refractivity contribution in [2.24, 2.45) is 10.7 Å². The molecule has 1 aliphatic heterocycles. The van der Waals surface area contributed by atoms with Crippen LogP contribution in [0.15, 0.2) is 34.4 Å². The Morgan fingerprint density at radius 2 is 2.29 bits per heavy atom. The lowest BCUT2D eigenvalue weighted by atomic mass is 10.2. The van der Waals surface area contributed by atoms with Gasteiger partial charge in [0.05, 0.1) is 15.7 Å². The molecule has 2 heterocycles. The van der Waals surface area contributed by atoms with Crippen LogP contribution >= 0.6 is 11.3 Å². The number of nitrogens with one attached hydrogen (secondary N) is 1. The molecule has 1 amide bonds. The van der Waals surface area contributed by atoms with Gasteiger partial charge in [-0.15, -0.1) is 11.3 Å². The first kappa shape index (κ1) is 9.98. The summed E-state index contributed by atoms with van der Waals surface area (Å²) >= 11 is 1.56. The molecule has 1 aromatic heterocycles. The third-order valence-electron chi connectivity index (χ3n) is 2.37. The number of hydrogen-bond acceptors (Lipinski definition) is 5. The fraction of sp³-hybridized carbons (Fsp3) is 0. The number of rotatable bonds is 1.